The average molecular weight is 283 g/mol. The van der Waals surface area contributed by atoms with Crippen molar-refractivity contribution in [3.05, 3.63) is 29.6 Å². The molecule has 0 aliphatic carbocycles. The molecule has 1 rings (SSSR count). The monoisotopic (exact) mass is 283 g/mol. The predicted molar refractivity (Wildman–Crippen MR) is 79.6 cm³/mol. The molecule has 0 aliphatic rings. The van der Waals surface area contributed by atoms with E-state index in [1.807, 2.05) is 13.0 Å². The Morgan fingerprint density at radius 1 is 1.25 bits per heavy atom. The van der Waals surface area contributed by atoms with E-state index in [0.29, 0.717) is 18.9 Å². The first-order valence-corrected chi connectivity index (χ1v) is 7.00. The molecule has 0 radical (unpaired) electrons. The minimum atomic E-state index is -0.271. The molecule has 3 nitrogen and oxygen atoms in total. The molecule has 0 spiro atoms. The standard InChI is InChI=1S/C16H26FNO2/c1-12(6-7-19-5)20-15-9-13(8-14(17)10-15)11-18-16(2,3)4/h8-10,12,18H,6-7,11H2,1-5H3. The minimum absolute atomic E-state index is 0.000162. The number of rotatable bonds is 7. The van der Waals surface area contributed by atoms with Crippen molar-refractivity contribution < 1.29 is 13.9 Å². The Hall–Kier alpha value is -1.13. The van der Waals surface area contributed by atoms with Gasteiger partial charge in [-0.05, 0) is 45.4 Å². The number of hydrogen-bond acceptors (Lipinski definition) is 3. The third-order valence-corrected chi connectivity index (χ3v) is 2.82. The fourth-order valence-electron chi connectivity index (χ4n) is 1.73. The molecule has 0 aromatic heterocycles. The van der Waals surface area contributed by atoms with Crippen molar-refractivity contribution in [3.63, 3.8) is 0 Å². The number of hydrogen-bond donors (Lipinski definition) is 1. The van der Waals surface area contributed by atoms with Crippen molar-refractivity contribution in [3.8, 4) is 5.75 Å². The van der Waals surface area contributed by atoms with Crippen LogP contribution in [0.2, 0.25) is 0 Å². The zero-order chi connectivity index (χ0) is 15.2. The smallest absolute Gasteiger partial charge is 0.127 e. The summed E-state index contributed by atoms with van der Waals surface area (Å²) >= 11 is 0. The van der Waals surface area contributed by atoms with Crippen molar-refractivity contribution in [2.75, 3.05) is 13.7 Å². The summed E-state index contributed by atoms with van der Waals surface area (Å²) in [4.78, 5) is 0. The van der Waals surface area contributed by atoms with E-state index in [0.717, 1.165) is 12.0 Å². The highest BCUT2D eigenvalue weighted by molar-refractivity contribution is 5.29. The first kappa shape index (κ1) is 16.9. The first-order valence-electron chi connectivity index (χ1n) is 7.00. The summed E-state index contributed by atoms with van der Waals surface area (Å²) in [6.07, 6.45) is 0.781. The fourth-order valence-corrected chi connectivity index (χ4v) is 1.73. The van der Waals surface area contributed by atoms with Crippen LogP contribution in [-0.2, 0) is 11.3 Å². The summed E-state index contributed by atoms with van der Waals surface area (Å²) in [5.41, 5.74) is 0.882. The number of benzene rings is 1. The number of methoxy groups -OCH3 is 1. The van der Waals surface area contributed by atoms with Gasteiger partial charge in [0, 0.05) is 38.3 Å². The molecule has 0 amide bonds. The van der Waals surface area contributed by atoms with E-state index < -0.39 is 0 Å². The van der Waals surface area contributed by atoms with Gasteiger partial charge in [0.05, 0.1) is 6.10 Å². The second kappa shape index (κ2) is 7.60. The van der Waals surface area contributed by atoms with Gasteiger partial charge < -0.3 is 14.8 Å². The van der Waals surface area contributed by atoms with Gasteiger partial charge in [-0.15, -0.1) is 0 Å². The normalized spacial score (nSPS) is 13.3. The minimum Gasteiger partial charge on any atom is -0.491 e. The highest BCUT2D eigenvalue weighted by atomic mass is 19.1. The van der Waals surface area contributed by atoms with Gasteiger partial charge in [0.1, 0.15) is 11.6 Å². The maximum Gasteiger partial charge on any atom is 0.127 e. The van der Waals surface area contributed by atoms with Crippen LogP contribution in [0.15, 0.2) is 18.2 Å². The summed E-state index contributed by atoms with van der Waals surface area (Å²) in [5.74, 6) is 0.298. The van der Waals surface area contributed by atoms with E-state index in [1.54, 1.807) is 7.11 Å². The van der Waals surface area contributed by atoms with Crippen LogP contribution in [0.1, 0.15) is 39.7 Å². The molecular weight excluding hydrogens is 257 g/mol. The van der Waals surface area contributed by atoms with E-state index in [-0.39, 0.29) is 17.5 Å². The molecule has 0 saturated heterocycles. The van der Waals surface area contributed by atoms with Gasteiger partial charge in [0.2, 0.25) is 0 Å². The lowest BCUT2D eigenvalue weighted by Crippen LogP contribution is -2.35. The molecular formula is C16H26FNO2. The molecule has 1 atom stereocenters. The van der Waals surface area contributed by atoms with Crippen molar-refractivity contribution in [2.45, 2.75) is 52.3 Å². The van der Waals surface area contributed by atoms with Crippen LogP contribution in [0, 0.1) is 5.82 Å². The Morgan fingerprint density at radius 2 is 1.95 bits per heavy atom. The zero-order valence-electron chi connectivity index (χ0n) is 13.1. The van der Waals surface area contributed by atoms with Gasteiger partial charge in [0.25, 0.3) is 0 Å². The van der Waals surface area contributed by atoms with Gasteiger partial charge in [-0.25, -0.2) is 4.39 Å². The third kappa shape index (κ3) is 6.87. The van der Waals surface area contributed by atoms with Crippen LogP contribution in [0.25, 0.3) is 0 Å². The summed E-state index contributed by atoms with van der Waals surface area (Å²) in [6, 6.07) is 4.83. The summed E-state index contributed by atoms with van der Waals surface area (Å²) < 4.78 is 24.3. The molecule has 0 heterocycles. The molecule has 1 aromatic rings. The van der Waals surface area contributed by atoms with Crippen molar-refractivity contribution in [1.29, 1.82) is 0 Å². The van der Waals surface area contributed by atoms with Gasteiger partial charge in [-0.2, -0.15) is 0 Å². The quantitative estimate of drug-likeness (QED) is 0.830. The Bertz CT molecular complexity index is 415. The summed E-state index contributed by atoms with van der Waals surface area (Å²) in [6.45, 7) is 9.44. The molecule has 0 saturated carbocycles. The fraction of sp³-hybridized carbons (Fsp3) is 0.625. The van der Waals surface area contributed by atoms with Crippen LogP contribution in [0.5, 0.6) is 5.75 Å². The third-order valence-electron chi connectivity index (χ3n) is 2.82. The Labute approximate surface area is 121 Å². The van der Waals surface area contributed by atoms with Crippen molar-refractivity contribution >= 4 is 0 Å². The van der Waals surface area contributed by atoms with E-state index in [1.165, 1.54) is 12.1 Å². The Kier molecular flexibility index (Phi) is 6.43. The zero-order valence-corrected chi connectivity index (χ0v) is 13.1. The van der Waals surface area contributed by atoms with Crippen LogP contribution in [0.3, 0.4) is 0 Å². The maximum absolute atomic E-state index is 13.6. The molecule has 0 bridgehead atoms. The van der Waals surface area contributed by atoms with Gasteiger partial charge in [-0.3, -0.25) is 0 Å². The van der Waals surface area contributed by atoms with E-state index >= 15 is 0 Å². The van der Waals surface area contributed by atoms with Crippen LogP contribution in [-0.4, -0.2) is 25.4 Å². The lowest BCUT2D eigenvalue weighted by molar-refractivity contribution is 0.135. The van der Waals surface area contributed by atoms with E-state index in [2.05, 4.69) is 26.1 Å². The highest BCUT2D eigenvalue weighted by Gasteiger charge is 2.11. The lowest BCUT2D eigenvalue weighted by Gasteiger charge is -2.21. The van der Waals surface area contributed by atoms with Gasteiger partial charge in [0.15, 0.2) is 0 Å². The van der Waals surface area contributed by atoms with Gasteiger partial charge >= 0.3 is 0 Å². The highest BCUT2D eigenvalue weighted by Crippen LogP contribution is 2.19. The van der Waals surface area contributed by atoms with Crippen LogP contribution in [0.4, 0.5) is 4.39 Å². The van der Waals surface area contributed by atoms with Gasteiger partial charge in [-0.1, -0.05) is 0 Å². The molecule has 1 unspecified atom stereocenters. The van der Waals surface area contributed by atoms with Crippen molar-refractivity contribution in [2.24, 2.45) is 0 Å². The maximum atomic E-state index is 13.6. The number of halogens is 1. The molecule has 1 N–H and O–H groups in total. The SMILES string of the molecule is COCCC(C)Oc1cc(F)cc(CNC(C)(C)C)c1. The lowest BCUT2D eigenvalue weighted by atomic mass is 10.1. The summed E-state index contributed by atoms with van der Waals surface area (Å²) in [7, 11) is 1.66. The average Bonchev–Trinajstić information content (AvgIpc) is 2.32. The molecule has 0 fully saturated rings. The Morgan fingerprint density at radius 3 is 2.55 bits per heavy atom. The molecule has 114 valence electrons. The second-order valence-corrected chi connectivity index (χ2v) is 6.11. The largest absolute Gasteiger partial charge is 0.491 e. The molecule has 0 aliphatic heterocycles. The Balaban J connectivity index is 2.66. The first-order chi connectivity index (χ1) is 9.30. The molecule has 20 heavy (non-hydrogen) atoms. The van der Waals surface area contributed by atoms with Crippen molar-refractivity contribution in [1.82, 2.24) is 5.32 Å². The predicted octanol–water partition coefficient (Wildman–Crippen LogP) is 3.52. The number of ether oxygens (including phenoxy) is 2. The number of nitrogens with one attached hydrogen (secondary N) is 1. The van der Waals surface area contributed by atoms with E-state index in [4.69, 9.17) is 9.47 Å². The summed E-state index contributed by atoms with van der Waals surface area (Å²) in [5, 5.41) is 3.34. The molecule has 4 heteroatoms. The van der Waals surface area contributed by atoms with Crippen LogP contribution >= 0.6 is 0 Å². The molecule has 1 aromatic carbocycles. The topological polar surface area (TPSA) is 30.5 Å². The second-order valence-electron chi connectivity index (χ2n) is 6.11. The van der Waals surface area contributed by atoms with Crippen LogP contribution < -0.4 is 10.1 Å². The van der Waals surface area contributed by atoms with E-state index in [9.17, 15) is 4.39 Å².